The Morgan fingerprint density at radius 3 is 2.57 bits per heavy atom. The zero-order valence-corrected chi connectivity index (χ0v) is 16.0. The van der Waals surface area contributed by atoms with Gasteiger partial charge in [-0.05, 0) is 23.8 Å². The van der Waals surface area contributed by atoms with Crippen LogP contribution in [0.3, 0.4) is 0 Å². The minimum atomic E-state index is -0.544. The van der Waals surface area contributed by atoms with Gasteiger partial charge in [-0.2, -0.15) is 0 Å². The lowest BCUT2D eigenvalue weighted by Crippen LogP contribution is -2.21. The van der Waals surface area contributed by atoms with Crippen LogP contribution < -0.4 is 5.32 Å². The Labute approximate surface area is 172 Å². The second-order valence-corrected chi connectivity index (χ2v) is 6.74. The van der Waals surface area contributed by atoms with Crippen LogP contribution in [0, 0.1) is 0 Å². The van der Waals surface area contributed by atoms with Gasteiger partial charge in [0.05, 0.1) is 12.7 Å². The predicted molar refractivity (Wildman–Crippen MR) is 113 cm³/mol. The molecule has 0 fully saturated rings. The van der Waals surface area contributed by atoms with Gasteiger partial charge in [-0.25, -0.2) is 0 Å². The van der Waals surface area contributed by atoms with Crippen molar-refractivity contribution >= 4 is 28.5 Å². The summed E-state index contributed by atoms with van der Waals surface area (Å²) < 4.78 is 10.5. The highest BCUT2D eigenvalue weighted by atomic mass is 16.5. The van der Waals surface area contributed by atoms with Crippen LogP contribution in [0.15, 0.2) is 83.5 Å². The highest BCUT2D eigenvalue weighted by molar-refractivity contribution is 5.97. The van der Waals surface area contributed by atoms with Gasteiger partial charge in [-0.1, -0.05) is 48.5 Å². The lowest BCUT2D eigenvalue weighted by atomic mass is 10.0. The fourth-order valence-corrected chi connectivity index (χ4v) is 3.21. The molecule has 0 radical (unpaired) electrons. The molecule has 0 bridgehead atoms. The number of hydrogen-bond acceptors (Lipinski definition) is 5. The van der Waals surface area contributed by atoms with Crippen LogP contribution in [-0.4, -0.2) is 23.6 Å². The standard InChI is InChI=1S/C24H19NO5/c26-18-10-11-20-17(14-29-22(20)13-18)12-24(28)30-15-23(27)25-21-9-5-4-8-19(21)16-6-2-1-3-7-16/h1-11,13-14,26H,12,15H2,(H,25,27). The fraction of sp³-hybridized carbons (Fsp3) is 0.0833. The normalized spacial score (nSPS) is 10.7. The average molecular weight is 401 g/mol. The Bertz CT molecular complexity index is 1200. The first-order valence-corrected chi connectivity index (χ1v) is 9.39. The third-order valence-electron chi connectivity index (χ3n) is 4.62. The van der Waals surface area contributed by atoms with E-state index in [-0.39, 0.29) is 12.2 Å². The molecule has 0 saturated carbocycles. The van der Waals surface area contributed by atoms with Gasteiger partial charge >= 0.3 is 5.97 Å². The smallest absolute Gasteiger partial charge is 0.310 e. The van der Waals surface area contributed by atoms with E-state index in [2.05, 4.69) is 5.32 Å². The van der Waals surface area contributed by atoms with Crippen LogP contribution in [0.5, 0.6) is 5.75 Å². The van der Waals surface area contributed by atoms with Crippen LogP contribution in [0.25, 0.3) is 22.1 Å². The summed E-state index contributed by atoms with van der Waals surface area (Å²) in [5.41, 5.74) is 3.61. The molecule has 1 amide bonds. The molecule has 4 rings (SSSR count). The summed E-state index contributed by atoms with van der Waals surface area (Å²) in [6, 6.07) is 21.8. The van der Waals surface area contributed by atoms with Gasteiger partial charge in [0.2, 0.25) is 0 Å². The number of hydrogen-bond donors (Lipinski definition) is 2. The third kappa shape index (κ3) is 4.33. The van der Waals surface area contributed by atoms with Crippen LogP contribution in [0.2, 0.25) is 0 Å². The summed E-state index contributed by atoms with van der Waals surface area (Å²) in [7, 11) is 0. The van der Waals surface area contributed by atoms with Gasteiger partial charge in [-0.15, -0.1) is 0 Å². The van der Waals surface area contributed by atoms with Crippen LogP contribution in [0.1, 0.15) is 5.56 Å². The van der Waals surface area contributed by atoms with Gasteiger partial charge in [-0.3, -0.25) is 9.59 Å². The number of benzene rings is 3. The molecule has 0 saturated heterocycles. The molecular formula is C24H19NO5. The molecule has 4 aromatic rings. The number of anilines is 1. The summed E-state index contributed by atoms with van der Waals surface area (Å²) in [5, 5.41) is 13.0. The Morgan fingerprint density at radius 2 is 1.73 bits per heavy atom. The van der Waals surface area contributed by atoms with Crippen molar-refractivity contribution in [3.05, 3.63) is 84.6 Å². The number of furan rings is 1. The van der Waals surface area contributed by atoms with Crippen molar-refractivity contribution in [3.8, 4) is 16.9 Å². The van der Waals surface area contributed by atoms with E-state index in [0.29, 0.717) is 22.2 Å². The minimum absolute atomic E-state index is 0.0361. The molecule has 0 aliphatic carbocycles. The maximum absolute atomic E-state index is 12.3. The lowest BCUT2D eigenvalue weighted by Gasteiger charge is -2.11. The number of nitrogens with one attached hydrogen (secondary N) is 1. The predicted octanol–water partition coefficient (Wildman–Crippen LogP) is 4.53. The Morgan fingerprint density at radius 1 is 0.967 bits per heavy atom. The monoisotopic (exact) mass is 401 g/mol. The summed E-state index contributed by atoms with van der Waals surface area (Å²) in [4.78, 5) is 24.5. The van der Waals surface area contributed by atoms with E-state index in [4.69, 9.17) is 9.15 Å². The number of esters is 1. The van der Waals surface area contributed by atoms with Crippen LogP contribution in [-0.2, 0) is 20.7 Å². The van der Waals surface area contributed by atoms with Crippen molar-refractivity contribution in [2.75, 3.05) is 11.9 Å². The van der Waals surface area contributed by atoms with Crippen molar-refractivity contribution < 1.29 is 23.8 Å². The highest BCUT2D eigenvalue weighted by Crippen LogP contribution is 2.28. The Hall–Kier alpha value is -4.06. The number of carbonyl (C=O) groups excluding carboxylic acids is 2. The largest absolute Gasteiger partial charge is 0.508 e. The molecule has 2 N–H and O–H groups in total. The number of fused-ring (bicyclic) bond motifs is 1. The third-order valence-corrected chi connectivity index (χ3v) is 4.62. The van der Waals surface area contributed by atoms with E-state index in [1.165, 1.54) is 18.4 Å². The van der Waals surface area contributed by atoms with E-state index in [9.17, 15) is 14.7 Å². The number of carbonyl (C=O) groups is 2. The zero-order chi connectivity index (χ0) is 20.9. The van der Waals surface area contributed by atoms with E-state index in [1.807, 2.05) is 48.5 Å². The van der Waals surface area contributed by atoms with Gasteiger partial charge < -0.3 is 19.6 Å². The first-order chi connectivity index (χ1) is 14.6. The van der Waals surface area contributed by atoms with Crippen molar-refractivity contribution in [1.29, 1.82) is 0 Å². The number of phenols is 1. The molecular weight excluding hydrogens is 382 g/mol. The topological polar surface area (TPSA) is 88.8 Å². The minimum Gasteiger partial charge on any atom is -0.508 e. The maximum atomic E-state index is 12.3. The average Bonchev–Trinajstić information content (AvgIpc) is 3.15. The molecule has 30 heavy (non-hydrogen) atoms. The zero-order valence-electron chi connectivity index (χ0n) is 16.0. The Kier molecular flexibility index (Phi) is 5.48. The molecule has 1 heterocycles. The van der Waals surface area contributed by atoms with Gasteiger partial charge in [0, 0.05) is 28.3 Å². The van der Waals surface area contributed by atoms with E-state index >= 15 is 0 Å². The summed E-state index contributed by atoms with van der Waals surface area (Å²) in [6.45, 7) is -0.390. The first kappa shape index (κ1) is 19.3. The molecule has 150 valence electrons. The molecule has 6 heteroatoms. The van der Waals surface area contributed by atoms with E-state index in [1.54, 1.807) is 12.1 Å². The van der Waals surface area contributed by atoms with E-state index in [0.717, 1.165) is 11.1 Å². The molecule has 3 aromatic carbocycles. The highest BCUT2D eigenvalue weighted by Gasteiger charge is 2.14. The molecule has 0 spiro atoms. The molecule has 0 aliphatic rings. The van der Waals surface area contributed by atoms with E-state index < -0.39 is 18.5 Å². The second kappa shape index (κ2) is 8.53. The molecule has 0 atom stereocenters. The SMILES string of the molecule is O=C(COC(=O)Cc1coc2cc(O)ccc12)Nc1ccccc1-c1ccccc1. The van der Waals surface area contributed by atoms with Crippen LogP contribution >= 0.6 is 0 Å². The van der Waals surface area contributed by atoms with Crippen molar-refractivity contribution in [1.82, 2.24) is 0 Å². The van der Waals surface area contributed by atoms with Gasteiger partial charge in [0.15, 0.2) is 6.61 Å². The Balaban J connectivity index is 1.37. The molecule has 0 aliphatic heterocycles. The van der Waals surface area contributed by atoms with Crippen LogP contribution in [0.4, 0.5) is 5.69 Å². The summed E-state index contributed by atoms with van der Waals surface area (Å²) in [6.07, 6.45) is 1.41. The summed E-state index contributed by atoms with van der Waals surface area (Å²) >= 11 is 0. The van der Waals surface area contributed by atoms with Crippen molar-refractivity contribution in [3.63, 3.8) is 0 Å². The number of amides is 1. The quantitative estimate of drug-likeness (QED) is 0.464. The number of para-hydroxylation sites is 1. The van der Waals surface area contributed by atoms with Crippen molar-refractivity contribution in [2.45, 2.75) is 6.42 Å². The molecule has 6 nitrogen and oxygen atoms in total. The number of rotatable bonds is 6. The number of aromatic hydroxyl groups is 1. The van der Waals surface area contributed by atoms with Gasteiger partial charge in [0.1, 0.15) is 11.3 Å². The molecule has 0 unspecified atom stereocenters. The number of ether oxygens (including phenoxy) is 1. The lowest BCUT2D eigenvalue weighted by molar-refractivity contribution is -0.146. The van der Waals surface area contributed by atoms with Crippen molar-refractivity contribution in [2.24, 2.45) is 0 Å². The number of phenolic OH excluding ortho intramolecular Hbond substituents is 1. The maximum Gasteiger partial charge on any atom is 0.310 e. The first-order valence-electron chi connectivity index (χ1n) is 9.39. The summed E-state index contributed by atoms with van der Waals surface area (Å²) in [5.74, 6) is -0.885. The molecule has 1 aromatic heterocycles. The second-order valence-electron chi connectivity index (χ2n) is 6.74. The fourth-order valence-electron chi connectivity index (χ4n) is 3.21. The van der Waals surface area contributed by atoms with Gasteiger partial charge in [0.25, 0.3) is 5.91 Å².